The largest absolute Gasteiger partial charge is 0.357 e. The first-order chi connectivity index (χ1) is 12.0. The summed E-state index contributed by atoms with van der Waals surface area (Å²) in [6.45, 7) is 5.01. The Labute approximate surface area is 150 Å². The van der Waals surface area contributed by atoms with Gasteiger partial charge in [-0.15, -0.1) is 0 Å². The molecule has 0 saturated heterocycles. The Bertz CT molecular complexity index is 1010. The van der Waals surface area contributed by atoms with Gasteiger partial charge < -0.3 is 10.3 Å². The zero-order chi connectivity index (χ0) is 17.7. The second-order valence-corrected chi connectivity index (χ2v) is 7.03. The molecule has 1 aromatic heterocycles. The van der Waals surface area contributed by atoms with E-state index in [4.69, 9.17) is 11.6 Å². The molecule has 0 fully saturated rings. The third-order valence-electron chi connectivity index (χ3n) is 4.89. The van der Waals surface area contributed by atoms with Crippen LogP contribution in [0.5, 0.6) is 0 Å². The monoisotopic (exact) mass is 355 g/mol. The van der Waals surface area contributed by atoms with Crippen molar-refractivity contribution in [3.05, 3.63) is 73.4 Å². The summed E-state index contributed by atoms with van der Waals surface area (Å²) in [6.07, 6.45) is 0.919. The van der Waals surface area contributed by atoms with Crippen molar-refractivity contribution in [2.75, 3.05) is 6.54 Å². The second kappa shape index (κ2) is 5.86. The number of halogens is 1. The number of hydrogen-bond donors (Lipinski definition) is 2. The maximum atomic E-state index is 11.2. The molecule has 2 aromatic carbocycles. The normalized spacial score (nSPS) is 16.8. The van der Waals surface area contributed by atoms with Gasteiger partial charge in [0.15, 0.2) is 0 Å². The molecule has 1 aliphatic heterocycles. The van der Waals surface area contributed by atoms with E-state index in [2.05, 4.69) is 36.3 Å². The van der Waals surface area contributed by atoms with Gasteiger partial charge in [0.2, 0.25) is 0 Å². The maximum Gasteiger partial charge on any atom is 0.269 e. The van der Waals surface area contributed by atoms with Crippen molar-refractivity contribution in [1.29, 1.82) is 0 Å². The number of hydrogen-bond acceptors (Lipinski definition) is 3. The minimum Gasteiger partial charge on any atom is -0.357 e. The van der Waals surface area contributed by atoms with E-state index < -0.39 is 0 Å². The minimum absolute atomic E-state index is 0.0523. The lowest BCUT2D eigenvalue weighted by atomic mass is 9.92. The van der Waals surface area contributed by atoms with E-state index in [1.807, 2.05) is 0 Å². The molecule has 0 bridgehead atoms. The molecule has 0 radical (unpaired) electrons. The van der Waals surface area contributed by atoms with E-state index in [0.29, 0.717) is 5.02 Å². The summed E-state index contributed by atoms with van der Waals surface area (Å²) in [6, 6.07) is 8.76. The van der Waals surface area contributed by atoms with Crippen LogP contribution in [0.15, 0.2) is 30.3 Å². The quantitative estimate of drug-likeness (QED) is 0.522. The minimum atomic E-state index is -0.387. The summed E-state index contributed by atoms with van der Waals surface area (Å²) in [5.41, 5.74) is 6.68. The second-order valence-electron chi connectivity index (χ2n) is 6.62. The first-order valence-electron chi connectivity index (χ1n) is 8.24. The van der Waals surface area contributed by atoms with Gasteiger partial charge in [-0.1, -0.05) is 17.7 Å². The van der Waals surface area contributed by atoms with E-state index >= 15 is 0 Å². The van der Waals surface area contributed by atoms with Gasteiger partial charge in [0.1, 0.15) is 0 Å². The van der Waals surface area contributed by atoms with Gasteiger partial charge in [-0.05, 0) is 49.1 Å². The van der Waals surface area contributed by atoms with Gasteiger partial charge in [-0.3, -0.25) is 10.1 Å². The molecule has 128 valence electrons. The Morgan fingerprint density at radius 3 is 2.80 bits per heavy atom. The van der Waals surface area contributed by atoms with E-state index in [1.165, 1.54) is 28.1 Å². The first-order valence-corrected chi connectivity index (χ1v) is 8.62. The van der Waals surface area contributed by atoms with Gasteiger partial charge in [-0.2, -0.15) is 0 Å². The fourth-order valence-electron chi connectivity index (χ4n) is 3.90. The molecular weight excluding hydrogens is 338 g/mol. The molecule has 0 amide bonds. The van der Waals surface area contributed by atoms with Crippen LogP contribution in [-0.2, 0) is 6.42 Å². The third-order valence-corrected chi connectivity index (χ3v) is 5.23. The molecule has 0 saturated carbocycles. The van der Waals surface area contributed by atoms with Crippen molar-refractivity contribution in [3.8, 4) is 0 Å². The molecule has 1 aliphatic rings. The predicted octanol–water partition coefficient (Wildman–Crippen LogP) is 4.58. The average molecular weight is 356 g/mol. The fourth-order valence-corrected chi connectivity index (χ4v) is 4.13. The number of nitrogens with zero attached hydrogens (tertiary/aromatic N) is 1. The van der Waals surface area contributed by atoms with Crippen molar-refractivity contribution in [2.45, 2.75) is 26.3 Å². The van der Waals surface area contributed by atoms with Crippen LogP contribution in [0.4, 0.5) is 5.69 Å². The number of nitro benzene ring substituents is 1. The standard InChI is InChI=1S/C19H18ClN3O2/c1-10-7-11(2)17-13-5-6-21-18(19(13)22-16(17)8-10)14-9-12(23(24)25)3-4-15(14)20/h3-4,7-9,18,21-22H,5-6H2,1-2H3. The number of fused-ring (bicyclic) bond motifs is 3. The number of benzene rings is 2. The highest BCUT2D eigenvalue weighted by Crippen LogP contribution is 2.38. The number of H-pyrrole nitrogens is 1. The van der Waals surface area contributed by atoms with Crippen LogP contribution in [-0.4, -0.2) is 16.5 Å². The van der Waals surface area contributed by atoms with Crippen LogP contribution >= 0.6 is 11.6 Å². The summed E-state index contributed by atoms with van der Waals surface area (Å²) in [4.78, 5) is 14.3. The Morgan fingerprint density at radius 1 is 1.24 bits per heavy atom. The molecular formula is C19H18ClN3O2. The molecule has 2 heterocycles. The van der Waals surface area contributed by atoms with Crippen LogP contribution in [0.25, 0.3) is 10.9 Å². The van der Waals surface area contributed by atoms with Crippen molar-refractivity contribution in [1.82, 2.24) is 10.3 Å². The van der Waals surface area contributed by atoms with E-state index in [0.717, 1.165) is 29.7 Å². The van der Waals surface area contributed by atoms with Crippen LogP contribution < -0.4 is 5.32 Å². The SMILES string of the molecule is Cc1cc(C)c2c3c([nH]c2c1)C(c1cc([N+](=O)[O-])ccc1Cl)NCC3. The van der Waals surface area contributed by atoms with E-state index in [9.17, 15) is 10.1 Å². The number of aromatic nitrogens is 1. The summed E-state index contributed by atoms with van der Waals surface area (Å²) >= 11 is 6.38. The molecule has 5 nitrogen and oxygen atoms in total. The van der Waals surface area contributed by atoms with Crippen molar-refractivity contribution >= 4 is 28.2 Å². The topological polar surface area (TPSA) is 71.0 Å². The van der Waals surface area contributed by atoms with Gasteiger partial charge in [-0.25, -0.2) is 0 Å². The molecule has 25 heavy (non-hydrogen) atoms. The number of aromatic amines is 1. The van der Waals surface area contributed by atoms with E-state index in [1.54, 1.807) is 12.1 Å². The number of nitrogens with one attached hydrogen (secondary N) is 2. The highest BCUT2D eigenvalue weighted by molar-refractivity contribution is 6.31. The lowest BCUT2D eigenvalue weighted by molar-refractivity contribution is -0.384. The third kappa shape index (κ3) is 2.60. The Hall–Kier alpha value is -2.37. The fraction of sp³-hybridized carbons (Fsp3) is 0.263. The summed E-state index contributed by atoms with van der Waals surface area (Å²) < 4.78 is 0. The van der Waals surface area contributed by atoms with Gasteiger partial charge in [0, 0.05) is 45.9 Å². The van der Waals surface area contributed by atoms with Crippen LogP contribution in [0.3, 0.4) is 0 Å². The van der Waals surface area contributed by atoms with Crippen molar-refractivity contribution < 1.29 is 4.92 Å². The van der Waals surface area contributed by atoms with Crippen LogP contribution in [0.2, 0.25) is 5.02 Å². The Morgan fingerprint density at radius 2 is 2.04 bits per heavy atom. The lowest BCUT2D eigenvalue weighted by Gasteiger charge is -2.25. The van der Waals surface area contributed by atoms with Gasteiger partial charge in [0.25, 0.3) is 5.69 Å². The number of nitro groups is 1. The van der Waals surface area contributed by atoms with Gasteiger partial charge >= 0.3 is 0 Å². The number of aryl methyl sites for hydroxylation is 2. The van der Waals surface area contributed by atoms with Gasteiger partial charge in [0.05, 0.1) is 11.0 Å². The average Bonchev–Trinajstić information content (AvgIpc) is 2.93. The molecule has 6 heteroatoms. The zero-order valence-corrected chi connectivity index (χ0v) is 14.8. The molecule has 1 unspecified atom stereocenters. The smallest absolute Gasteiger partial charge is 0.269 e. The molecule has 3 aromatic rings. The highest BCUT2D eigenvalue weighted by Gasteiger charge is 2.28. The van der Waals surface area contributed by atoms with Crippen molar-refractivity contribution in [3.63, 3.8) is 0 Å². The molecule has 1 atom stereocenters. The lowest BCUT2D eigenvalue weighted by Crippen LogP contribution is -2.30. The molecule has 0 aliphatic carbocycles. The summed E-state index contributed by atoms with van der Waals surface area (Å²) in [5.74, 6) is 0. The Kier molecular flexibility index (Phi) is 3.78. The Balaban J connectivity index is 1.92. The van der Waals surface area contributed by atoms with Crippen molar-refractivity contribution in [2.24, 2.45) is 0 Å². The summed E-state index contributed by atoms with van der Waals surface area (Å²) in [5, 5.41) is 16.4. The summed E-state index contributed by atoms with van der Waals surface area (Å²) in [7, 11) is 0. The molecule has 0 spiro atoms. The highest BCUT2D eigenvalue weighted by atomic mass is 35.5. The first kappa shape index (κ1) is 16.1. The number of rotatable bonds is 2. The van der Waals surface area contributed by atoms with Crippen LogP contribution in [0.1, 0.15) is 34.0 Å². The maximum absolute atomic E-state index is 11.2. The number of non-ortho nitro benzene ring substituents is 1. The molecule has 2 N–H and O–H groups in total. The predicted molar refractivity (Wildman–Crippen MR) is 99.4 cm³/mol. The molecule has 4 rings (SSSR count). The van der Waals surface area contributed by atoms with Crippen LogP contribution in [0, 0.1) is 24.0 Å². The van der Waals surface area contributed by atoms with E-state index in [-0.39, 0.29) is 16.7 Å². The zero-order valence-electron chi connectivity index (χ0n) is 14.0.